The van der Waals surface area contributed by atoms with Crippen LogP contribution in [-0.4, -0.2) is 18.9 Å². The monoisotopic (exact) mass is 246 g/mol. The highest BCUT2D eigenvalue weighted by Crippen LogP contribution is 2.24. The van der Waals surface area contributed by atoms with Gasteiger partial charge in [-0.3, -0.25) is 9.59 Å². The van der Waals surface area contributed by atoms with Crippen LogP contribution in [-0.2, 0) is 16.0 Å². The third-order valence-electron chi connectivity index (χ3n) is 3.53. The van der Waals surface area contributed by atoms with Gasteiger partial charge in [0.05, 0.1) is 13.0 Å². The maximum atomic E-state index is 12.2. The van der Waals surface area contributed by atoms with E-state index in [0.29, 0.717) is 0 Å². The zero-order chi connectivity index (χ0) is 13.0. The third kappa shape index (κ3) is 2.78. The summed E-state index contributed by atoms with van der Waals surface area (Å²) in [6.45, 7) is 0. The number of methoxy groups -OCH3 is 1. The van der Waals surface area contributed by atoms with E-state index in [0.717, 1.165) is 36.8 Å². The lowest BCUT2D eigenvalue weighted by Gasteiger charge is -2.12. The van der Waals surface area contributed by atoms with E-state index >= 15 is 0 Å². The van der Waals surface area contributed by atoms with Gasteiger partial charge in [0, 0.05) is 12.0 Å². The van der Waals surface area contributed by atoms with Crippen molar-refractivity contribution in [2.24, 2.45) is 5.92 Å². The van der Waals surface area contributed by atoms with Gasteiger partial charge in [-0.2, -0.15) is 0 Å². The molecule has 0 radical (unpaired) electrons. The predicted molar refractivity (Wildman–Crippen MR) is 68.5 cm³/mol. The van der Waals surface area contributed by atoms with Gasteiger partial charge in [-0.15, -0.1) is 0 Å². The summed E-state index contributed by atoms with van der Waals surface area (Å²) in [4.78, 5) is 23.9. The Kier molecular flexibility index (Phi) is 4.13. The highest BCUT2D eigenvalue weighted by molar-refractivity contribution is 5.99. The molecule has 1 aliphatic carbocycles. The molecule has 2 rings (SSSR count). The number of fused-ring (bicyclic) bond motifs is 1. The van der Waals surface area contributed by atoms with Gasteiger partial charge in [0.15, 0.2) is 5.78 Å². The zero-order valence-corrected chi connectivity index (χ0v) is 10.6. The number of rotatable bonds is 1. The molecule has 1 atom stereocenters. The van der Waals surface area contributed by atoms with Crippen LogP contribution >= 0.6 is 0 Å². The van der Waals surface area contributed by atoms with Gasteiger partial charge in [-0.25, -0.2) is 0 Å². The number of aryl methyl sites for hydroxylation is 1. The molecule has 0 heterocycles. The summed E-state index contributed by atoms with van der Waals surface area (Å²) < 4.78 is 4.77. The maximum absolute atomic E-state index is 12.2. The van der Waals surface area contributed by atoms with Crippen LogP contribution in [0, 0.1) is 5.92 Å². The van der Waals surface area contributed by atoms with Crippen molar-refractivity contribution in [3.8, 4) is 0 Å². The lowest BCUT2D eigenvalue weighted by molar-refractivity contribution is -0.145. The molecule has 3 nitrogen and oxygen atoms in total. The number of esters is 1. The number of ether oxygens (including phenoxy) is 1. The third-order valence-corrected chi connectivity index (χ3v) is 3.53. The van der Waals surface area contributed by atoms with Gasteiger partial charge in [0.2, 0.25) is 0 Å². The van der Waals surface area contributed by atoms with Crippen molar-refractivity contribution in [1.29, 1.82) is 0 Å². The number of hydrogen-bond donors (Lipinski definition) is 0. The summed E-state index contributed by atoms with van der Waals surface area (Å²) in [6, 6.07) is 7.70. The Balaban J connectivity index is 2.25. The van der Waals surface area contributed by atoms with E-state index in [1.165, 1.54) is 7.11 Å². The zero-order valence-electron chi connectivity index (χ0n) is 10.6. The maximum Gasteiger partial charge on any atom is 0.309 e. The van der Waals surface area contributed by atoms with Crippen molar-refractivity contribution in [1.82, 2.24) is 0 Å². The first kappa shape index (κ1) is 12.8. The SMILES string of the molecule is COC(=O)C1CCCCc2ccccc2C(=O)C1. The Labute approximate surface area is 107 Å². The molecule has 0 saturated carbocycles. The molecule has 0 amide bonds. The Morgan fingerprint density at radius 1 is 1.28 bits per heavy atom. The molecule has 1 aliphatic rings. The molecule has 18 heavy (non-hydrogen) atoms. The summed E-state index contributed by atoms with van der Waals surface area (Å²) in [7, 11) is 1.38. The highest BCUT2D eigenvalue weighted by Gasteiger charge is 2.25. The van der Waals surface area contributed by atoms with Gasteiger partial charge in [0.25, 0.3) is 0 Å². The van der Waals surface area contributed by atoms with Crippen LogP contribution in [0.15, 0.2) is 24.3 Å². The highest BCUT2D eigenvalue weighted by atomic mass is 16.5. The molecule has 0 saturated heterocycles. The van der Waals surface area contributed by atoms with Crippen molar-refractivity contribution in [3.63, 3.8) is 0 Å². The second-order valence-electron chi connectivity index (χ2n) is 4.75. The fourth-order valence-corrected chi connectivity index (χ4v) is 2.52. The quantitative estimate of drug-likeness (QED) is 0.716. The van der Waals surface area contributed by atoms with E-state index in [1.54, 1.807) is 0 Å². The standard InChI is InChI=1S/C15H18O3/c1-18-15(17)12-8-3-2-6-11-7-4-5-9-13(11)14(16)10-12/h4-5,7,9,12H,2-3,6,8,10H2,1H3. The molecule has 0 aliphatic heterocycles. The molecule has 0 fully saturated rings. The van der Waals surface area contributed by atoms with E-state index < -0.39 is 0 Å². The number of carbonyl (C=O) groups is 2. The topological polar surface area (TPSA) is 43.4 Å². The first-order valence-corrected chi connectivity index (χ1v) is 6.41. The van der Waals surface area contributed by atoms with Crippen molar-refractivity contribution in [2.75, 3.05) is 7.11 Å². The van der Waals surface area contributed by atoms with Crippen LogP contribution in [0.3, 0.4) is 0 Å². The van der Waals surface area contributed by atoms with E-state index in [4.69, 9.17) is 4.74 Å². The molecule has 0 N–H and O–H groups in total. The largest absolute Gasteiger partial charge is 0.469 e. The Morgan fingerprint density at radius 2 is 2.06 bits per heavy atom. The molecular weight excluding hydrogens is 228 g/mol. The molecule has 1 aromatic rings. The average molecular weight is 246 g/mol. The number of Topliss-reactive ketones (excluding diaryl/α,β-unsaturated/α-hetero) is 1. The van der Waals surface area contributed by atoms with E-state index in [1.807, 2.05) is 24.3 Å². The van der Waals surface area contributed by atoms with Crippen molar-refractivity contribution in [2.45, 2.75) is 32.1 Å². The number of hydrogen-bond acceptors (Lipinski definition) is 3. The number of carbonyl (C=O) groups excluding carboxylic acids is 2. The first-order valence-electron chi connectivity index (χ1n) is 6.41. The van der Waals surface area contributed by atoms with Crippen molar-refractivity contribution >= 4 is 11.8 Å². The second-order valence-corrected chi connectivity index (χ2v) is 4.75. The number of benzene rings is 1. The smallest absolute Gasteiger partial charge is 0.309 e. The Morgan fingerprint density at radius 3 is 2.83 bits per heavy atom. The summed E-state index contributed by atoms with van der Waals surface area (Å²) in [5.41, 5.74) is 1.88. The average Bonchev–Trinajstić information content (AvgIpc) is 2.48. The summed E-state index contributed by atoms with van der Waals surface area (Å²) in [5.74, 6) is -0.487. The van der Waals surface area contributed by atoms with Crippen LogP contribution in [0.4, 0.5) is 0 Å². The molecular formula is C15H18O3. The minimum Gasteiger partial charge on any atom is -0.469 e. The predicted octanol–water partition coefficient (Wildman–Crippen LogP) is 2.78. The Bertz CT molecular complexity index is 451. The minimum absolute atomic E-state index is 0.0582. The van der Waals surface area contributed by atoms with Crippen molar-refractivity contribution < 1.29 is 14.3 Å². The molecule has 0 bridgehead atoms. The van der Waals surface area contributed by atoms with Crippen LogP contribution in [0.1, 0.15) is 41.6 Å². The summed E-state index contributed by atoms with van der Waals surface area (Å²) >= 11 is 0. The van der Waals surface area contributed by atoms with Crippen LogP contribution in [0.25, 0.3) is 0 Å². The normalized spacial score (nSPS) is 20.3. The van der Waals surface area contributed by atoms with Gasteiger partial charge in [-0.1, -0.05) is 30.7 Å². The second kappa shape index (κ2) is 5.80. The Hall–Kier alpha value is -1.64. The van der Waals surface area contributed by atoms with Crippen LogP contribution in [0.5, 0.6) is 0 Å². The molecule has 1 unspecified atom stereocenters. The van der Waals surface area contributed by atoms with E-state index in [9.17, 15) is 9.59 Å². The van der Waals surface area contributed by atoms with E-state index in [-0.39, 0.29) is 24.1 Å². The lowest BCUT2D eigenvalue weighted by atomic mass is 9.94. The molecule has 3 heteroatoms. The molecule has 0 spiro atoms. The number of ketones is 1. The van der Waals surface area contributed by atoms with Crippen molar-refractivity contribution in [3.05, 3.63) is 35.4 Å². The van der Waals surface area contributed by atoms with Gasteiger partial charge in [-0.05, 0) is 24.8 Å². The molecule has 0 aromatic heterocycles. The van der Waals surface area contributed by atoms with Crippen LogP contribution < -0.4 is 0 Å². The van der Waals surface area contributed by atoms with Gasteiger partial charge < -0.3 is 4.74 Å². The van der Waals surface area contributed by atoms with Crippen LogP contribution in [0.2, 0.25) is 0 Å². The fraction of sp³-hybridized carbons (Fsp3) is 0.467. The summed E-state index contributed by atoms with van der Waals surface area (Å²) in [6.07, 6.45) is 3.89. The summed E-state index contributed by atoms with van der Waals surface area (Å²) in [5, 5.41) is 0. The molecule has 1 aromatic carbocycles. The van der Waals surface area contributed by atoms with Gasteiger partial charge in [0.1, 0.15) is 0 Å². The van der Waals surface area contributed by atoms with E-state index in [2.05, 4.69) is 0 Å². The van der Waals surface area contributed by atoms with Gasteiger partial charge >= 0.3 is 5.97 Å². The lowest BCUT2D eigenvalue weighted by Crippen LogP contribution is -2.20. The minimum atomic E-state index is -0.284. The fourth-order valence-electron chi connectivity index (χ4n) is 2.52. The molecule has 96 valence electrons. The first-order chi connectivity index (χ1) is 8.72.